The molecule has 0 spiro atoms. The third kappa shape index (κ3) is 5.17. The summed E-state index contributed by atoms with van der Waals surface area (Å²) in [5.41, 5.74) is 13.1. The van der Waals surface area contributed by atoms with Crippen LogP contribution < -0.4 is 21.3 Å². The van der Waals surface area contributed by atoms with Gasteiger partial charge in [0.2, 0.25) is 0 Å². The lowest BCUT2D eigenvalue weighted by Gasteiger charge is -2.21. The Kier molecular flexibility index (Phi) is 7.17. The second-order valence-corrected chi connectivity index (χ2v) is 7.75. The molecule has 0 saturated heterocycles. The number of ether oxygens (including phenoxy) is 2. The van der Waals surface area contributed by atoms with Crippen molar-refractivity contribution in [3.63, 3.8) is 0 Å². The van der Waals surface area contributed by atoms with Crippen molar-refractivity contribution < 1.29 is 14.6 Å². The Hall–Kier alpha value is -3.06. The molecule has 0 fully saturated rings. The molecule has 164 valence electrons. The predicted molar refractivity (Wildman–Crippen MR) is 125 cm³/mol. The zero-order valence-corrected chi connectivity index (χ0v) is 18.6. The Morgan fingerprint density at radius 3 is 2.35 bits per heavy atom. The Morgan fingerprint density at radius 2 is 1.71 bits per heavy atom. The van der Waals surface area contributed by atoms with Gasteiger partial charge in [0.15, 0.2) is 0 Å². The minimum absolute atomic E-state index is 0.455. The van der Waals surface area contributed by atoms with Gasteiger partial charge in [-0.3, -0.25) is 0 Å². The van der Waals surface area contributed by atoms with Gasteiger partial charge in [0, 0.05) is 7.05 Å². The highest BCUT2D eigenvalue weighted by Crippen LogP contribution is 2.33. The van der Waals surface area contributed by atoms with Gasteiger partial charge < -0.3 is 25.3 Å². The molecule has 0 heterocycles. The number of hydrogen-bond donors (Lipinski definition) is 3. The molecule has 0 amide bonds. The summed E-state index contributed by atoms with van der Waals surface area (Å²) in [6.45, 7) is 4.89. The average Bonchev–Trinajstić information content (AvgIpc) is 2.76. The van der Waals surface area contributed by atoms with Gasteiger partial charge in [0.1, 0.15) is 11.9 Å². The van der Waals surface area contributed by atoms with Gasteiger partial charge in [0.05, 0.1) is 31.7 Å². The number of aryl methyl sites for hydroxylation is 1. The van der Waals surface area contributed by atoms with Crippen molar-refractivity contribution in [2.24, 2.45) is 5.84 Å². The maximum absolute atomic E-state index is 11.0. The smallest absolute Gasteiger partial charge is 0.118 e. The number of rotatable bonds is 8. The van der Waals surface area contributed by atoms with Gasteiger partial charge in [-0.25, -0.2) is 5.84 Å². The Bertz CT molecular complexity index is 1030. The van der Waals surface area contributed by atoms with Gasteiger partial charge >= 0.3 is 0 Å². The third-order valence-electron chi connectivity index (χ3n) is 5.58. The van der Waals surface area contributed by atoms with E-state index in [-0.39, 0.29) is 0 Å². The zero-order chi connectivity index (χ0) is 22.5. The third-order valence-corrected chi connectivity index (χ3v) is 5.58. The first-order valence-electron chi connectivity index (χ1n) is 10.2. The van der Waals surface area contributed by atoms with Crippen LogP contribution in [0.5, 0.6) is 5.75 Å². The van der Waals surface area contributed by atoms with E-state index >= 15 is 0 Å². The van der Waals surface area contributed by atoms with E-state index < -0.39 is 6.10 Å². The topological polar surface area (TPSA) is 94.0 Å². The molecule has 0 aliphatic carbocycles. The van der Waals surface area contributed by atoms with Gasteiger partial charge in [-0.05, 0) is 65.4 Å². The molecule has 31 heavy (non-hydrogen) atoms. The van der Waals surface area contributed by atoms with Crippen molar-refractivity contribution in [3.05, 3.63) is 88.0 Å². The second-order valence-electron chi connectivity index (χ2n) is 7.75. The molecule has 0 aliphatic rings. The number of anilines is 2. The minimum Gasteiger partial charge on any atom is -0.497 e. The summed E-state index contributed by atoms with van der Waals surface area (Å²) in [5, 5.41) is 12.5. The number of hydrogen-bond acceptors (Lipinski definition) is 6. The molecular formula is C25H31N3O3. The molecule has 0 aliphatic heterocycles. The number of benzene rings is 3. The fraction of sp³-hybridized carbons (Fsp3) is 0.280. The van der Waals surface area contributed by atoms with Crippen LogP contribution in [0.2, 0.25) is 0 Å². The molecule has 0 saturated carbocycles. The summed E-state index contributed by atoms with van der Waals surface area (Å²) in [4.78, 5) is 0. The average molecular weight is 422 g/mol. The maximum Gasteiger partial charge on any atom is 0.118 e. The number of methoxy groups -OCH3 is 1. The highest BCUT2D eigenvalue weighted by atomic mass is 16.5. The van der Waals surface area contributed by atoms with Crippen molar-refractivity contribution in [1.82, 2.24) is 0 Å². The van der Waals surface area contributed by atoms with E-state index in [0.717, 1.165) is 44.8 Å². The number of aliphatic hydroxyl groups excluding tert-OH is 1. The van der Waals surface area contributed by atoms with Crippen LogP contribution in [0.3, 0.4) is 0 Å². The van der Waals surface area contributed by atoms with Crippen molar-refractivity contribution >= 4 is 11.4 Å². The summed E-state index contributed by atoms with van der Waals surface area (Å²) in [6, 6.07) is 17.4. The van der Waals surface area contributed by atoms with Crippen LogP contribution in [0.4, 0.5) is 11.4 Å². The van der Waals surface area contributed by atoms with Gasteiger partial charge in [0.25, 0.3) is 0 Å². The summed E-state index contributed by atoms with van der Waals surface area (Å²) in [7, 11) is 3.38. The normalized spacial score (nSPS) is 11.9. The van der Waals surface area contributed by atoms with Crippen LogP contribution >= 0.6 is 0 Å². The quantitative estimate of drug-likeness (QED) is 0.289. The lowest BCUT2D eigenvalue weighted by molar-refractivity contribution is 0.106. The maximum atomic E-state index is 11.0. The monoisotopic (exact) mass is 421 g/mol. The first kappa shape index (κ1) is 22.6. The SMILES string of the molecule is COc1ccc(COCc2cc(C(O)c3ccc(N(C)N)c(N)c3C)ccc2C)cc1. The zero-order valence-electron chi connectivity index (χ0n) is 18.6. The second kappa shape index (κ2) is 9.83. The fourth-order valence-electron chi connectivity index (χ4n) is 3.53. The summed E-state index contributed by atoms with van der Waals surface area (Å²) in [6.07, 6.45) is -0.791. The van der Waals surface area contributed by atoms with E-state index in [4.69, 9.17) is 21.1 Å². The van der Waals surface area contributed by atoms with E-state index in [1.165, 1.54) is 5.01 Å². The van der Waals surface area contributed by atoms with E-state index in [2.05, 4.69) is 0 Å². The molecule has 0 radical (unpaired) electrons. The van der Waals surface area contributed by atoms with Crippen LogP contribution in [-0.4, -0.2) is 19.3 Å². The molecule has 3 aromatic rings. The van der Waals surface area contributed by atoms with E-state index in [0.29, 0.717) is 18.9 Å². The summed E-state index contributed by atoms with van der Waals surface area (Å²) < 4.78 is 11.1. The molecule has 6 heteroatoms. The number of aliphatic hydroxyl groups is 1. The minimum atomic E-state index is -0.791. The molecule has 3 aromatic carbocycles. The number of hydrazine groups is 1. The standard InChI is InChI=1S/C25H31N3O3/c1-16-5-8-19(25(29)22-11-12-23(28(3)27)24(26)17(22)2)13-20(16)15-31-14-18-6-9-21(30-4)10-7-18/h5-13,25,29H,14-15,26-27H2,1-4H3. The van der Waals surface area contributed by atoms with Crippen LogP contribution in [0, 0.1) is 13.8 Å². The fourth-order valence-corrected chi connectivity index (χ4v) is 3.53. The number of nitrogens with zero attached hydrogens (tertiary/aromatic N) is 1. The van der Waals surface area contributed by atoms with Gasteiger partial charge in [-0.1, -0.05) is 36.4 Å². The van der Waals surface area contributed by atoms with Crippen LogP contribution in [-0.2, 0) is 18.0 Å². The largest absolute Gasteiger partial charge is 0.497 e. The van der Waals surface area contributed by atoms with E-state index in [9.17, 15) is 5.11 Å². The van der Waals surface area contributed by atoms with E-state index in [1.807, 2.05) is 68.4 Å². The molecular weight excluding hydrogens is 390 g/mol. The molecule has 5 N–H and O–H groups in total. The first-order chi connectivity index (χ1) is 14.8. The van der Waals surface area contributed by atoms with Crippen molar-refractivity contribution in [1.29, 1.82) is 0 Å². The molecule has 6 nitrogen and oxygen atoms in total. The first-order valence-corrected chi connectivity index (χ1v) is 10.2. The molecule has 1 atom stereocenters. The lowest BCUT2D eigenvalue weighted by atomic mass is 9.93. The molecule has 0 bridgehead atoms. The van der Waals surface area contributed by atoms with Crippen LogP contribution in [0.25, 0.3) is 0 Å². The van der Waals surface area contributed by atoms with Crippen molar-refractivity contribution in [2.75, 3.05) is 24.9 Å². The highest BCUT2D eigenvalue weighted by Gasteiger charge is 2.18. The molecule has 1 unspecified atom stereocenters. The Morgan fingerprint density at radius 1 is 1.00 bits per heavy atom. The summed E-state index contributed by atoms with van der Waals surface area (Å²) >= 11 is 0. The number of nitrogens with two attached hydrogens (primary N) is 2. The predicted octanol–water partition coefficient (Wildman–Crippen LogP) is 4.00. The summed E-state index contributed by atoms with van der Waals surface area (Å²) in [5.74, 6) is 6.65. The van der Waals surface area contributed by atoms with Crippen LogP contribution in [0.1, 0.15) is 39.5 Å². The van der Waals surface area contributed by atoms with E-state index in [1.54, 1.807) is 14.2 Å². The molecule has 0 aromatic heterocycles. The Balaban J connectivity index is 1.74. The van der Waals surface area contributed by atoms with Crippen molar-refractivity contribution in [2.45, 2.75) is 33.2 Å². The number of nitrogen functional groups attached to an aromatic ring is 1. The highest BCUT2D eigenvalue weighted by molar-refractivity contribution is 5.72. The van der Waals surface area contributed by atoms with Gasteiger partial charge in [-0.15, -0.1) is 0 Å². The molecule has 3 rings (SSSR count). The lowest BCUT2D eigenvalue weighted by Crippen LogP contribution is -2.26. The Labute approximate surface area is 184 Å². The van der Waals surface area contributed by atoms with Crippen molar-refractivity contribution in [3.8, 4) is 5.75 Å². The van der Waals surface area contributed by atoms with Gasteiger partial charge in [-0.2, -0.15) is 0 Å². The van der Waals surface area contributed by atoms with Crippen LogP contribution in [0.15, 0.2) is 54.6 Å².